The molecule has 1 atom stereocenters. The number of benzene rings is 1. The minimum absolute atomic E-state index is 0.0543. The molecule has 0 spiro atoms. The molecule has 0 heterocycles. The summed E-state index contributed by atoms with van der Waals surface area (Å²) >= 11 is 0. The third-order valence-electron chi connectivity index (χ3n) is 2.95. The van der Waals surface area contributed by atoms with Gasteiger partial charge >= 0.3 is 0 Å². The highest BCUT2D eigenvalue weighted by Gasteiger charge is 2.30. The Hall–Kier alpha value is -1.35. The van der Waals surface area contributed by atoms with Crippen LogP contribution >= 0.6 is 0 Å². The molecule has 1 aromatic rings. The molecule has 1 rings (SSSR count). The van der Waals surface area contributed by atoms with Crippen LogP contribution in [0.3, 0.4) is 0 Å². The van der Waals surface area contributed by atoms with Crippen molar-refractivity contribution in [3.63, 3.8) is 0 Å². The second-order valence-corrected chi connectivity index (χ2v) is 5.58. The van der Waals surface area contributed by atoms with E-state index in [2.05, 4.69) is 0 Å². The topological polar surface area (TPSA) is 46.3 Å². The molecule has 0 aliphatic heterocycles. The average Bonchev–Trinajstić information content (AvgIpc) is 2.26. The molecule has 0 fully saturated rings. The van der Waals surface area contributed by atoms with E-state index in [0.29, 0.717) is 0 Å². The van der Waals surface area contributed by atoms with Gasteiger partial charge in [0, 0.05) is 12.7 Å². The minimum Gasteiger partial charge on any atom is -0.319 e. The molecule has 3 heteroatoms. The van der Waals surface area contributed by atoms with E-state index in [1.54, 1.807) is 11.9 Å². The minimum atomic E-state index is -0.492. The molecule has 1 amide bonds. The summed E-state index contributed by atoms with van der Waals surface area (Å²) in [4.78, 5) is 13.8. The number of carbonyl (C=O) groups excluding carboxylic acids is 1. The summed E-state index contributed by atoms with van der Waals surface area (Å²) in [6.45, 7) is 7.93. The Balaban J connectivity index is 2.87. The first-order valence-corrected chi connectivity index (χ1v) is 5.83. The van der Waals surface area contributed by atoms with Gasteiger partial charge in [-0.05, 0) is 24.5 Å². The Morgan fingerprint density at radius 2 is 1.71 bits per heavy atom. The second kappa shape index (κ2) is 4.88. The zero-order valence-corrected chi connectivity index (χ0v) is 11.3. The Bertz CT molecular complexity index is 390. The molecule has 3 nitrogen and oxygen atoms in total. The molecular weight excluding hydrogens is 212 g/mol. The van der Waals surface area contributed by atoms with Crippen LogP contribution in [0.5, 0.6) is 0 Å². The Morgan fingerprint density at radius 3 is 2.12 bits per heavy atom. The SMILES string of the molecule is Cc1ccc(N(C)C(=O)[C@H](N)C(C)(C)C)cc1. The zero-order valence-electron chi connectivity index (χ0n) is 11.3. The maximum Gasteiger partial charge on any atom is 0.244 e. The van der Waals surface area contributed by atoms with Crippen LogP contribution < -0.4 is 10.6 Å². The molecule has 0 bridgehead atoms. The highest BCUT2D eigenvalue weighted by molar-refractivity contribution is 5.97. The summed E-state index contributed by atoms with van der Waals surface area (Å²) in [5, 5.41) is 0. The number of anilines is 1. The monoisotopic (exact) mass is 234 g/mol. The normalized spacial score (nSPS) is 13.3. The van der Waals surface area contributed by atoms with Gasteiger partial charge in [-0.15, -0.1) is 0 Å². The van der Waals surface area contributed by atoms with E-state index in [1.165, 1.54) is 5.56 Å². The van der Waals surface area contributed by atoms with Crippen molar-refractivity contribution in [1.29, 1.82) is 0 Å². The van der Waals surface area contributed by atoms with E-state index in [0.717, 1.165) is 5.69 Å². The first-order chi connectivity index (χ1) is 7.73. The van der Waals surface area contributed by atoms with Crippen LogP contribution in [0.15, 0.2) is 24.3 Å². The molecule has 1 aromatic carbocycles. The van der Waals surface area contributed by atoms with Crippen molar-refractivity contribution in [3.05, 3.63) is 29.8 Å². The van der Waals surface area contributed by atoms with E-state index >= 15 is 0 Å². The van der Waals surface area contributed by atoms with Gasteiger partial charge in [-0.2, -0.15) is 0 Å². The van der Waals surface area contributed by atoms with Crippen molar-refractivity contribution in [2.45, 2.75) is 33.7 Å². The molecule has 0 radical (unpaired) electrons. The van der Waals surface area contributed by atoms with Gasteiger partial charge in [0.2, 0.25) is 5.91 Å². The second-order valence-electron chi connectivity index (χ2n) is 5.58. The van der Waals surface area contributed by atoms with E-state index in [9.17, 15) is 4.79 Å². The molecule has 2 N–H and O–H groups in total. The fourth-order valence-corrected chi connectivity index (χ4v) is 1.47. The number of hydrogen-bond acceptors (Lipinski definition) is 2. The predicted molar refractivity (Wildman–Crippen MR) is 72.0 cm³/mol. The fraction of sp³-hybridized carbons (Fsp3) is 0.500. The lowest BCUT2D eigenvalue weighted by Gasteiger charge is -2.30. The quantitative estimate of drug-likeness (QED) is 0.853. The van der Waals surface area contributed by atoms with Crippen molar-refractivity contribution in [2.24, 2.45) is 11.1 Å². The number of aryl methyl sites for hydroxylation is 1. The maximum absolute atomic E-state index is 12.2. The lowest BCUT2D eigenvalue weighted by Crippen LogP contribution is -2.49. The molecule has 0 aliphatic carbocycles. The molecule has 0 aliphatic rings. The highest BCUT2D eigenvalue weighted by Crippen LogP contribution is 2.21. The van der Waals surface area contributed by atoms with Crippen molar-refractivity contribution in [2.75, 3.05) is 11.9 Å². The summed E-state index contributed by atoms with van der Waals surface area (Å²) in [6, 6.07) is 7.35. The summed E-state index contributed by atoms with van der Waals surface area (Å²) < 4.78 is 0. The lowest BCUT2D eigenvalue weighted by molar-refractivity contribution is -0.121. The van der Waals surface area contributed by atoms with Gasteiger partial charge in [-0.3, -0.25) is 4.79 Å². The Kier molecular flexibility index (Phi) is 3.94. The summed E-state index contributed by atoms with van der Waals surface area (Å²) in [7, 11) is 1.76. The van der Waals surface area contributed by atoms with E-state index in [-0.39, 0.29) is 11.3 Å². The summed E-state index contributed by atoms with van der Waals surface area (Å²) in [5.41, 5.74) is 7.80. The third kappa shape index (κ3) is 3.30. The fourth-order valence-electron chi connectivity index (χ4n) is 1.47. The van der Waals surface area contributed by atoms with Crippen LogP contribution in [-0.2, 0) is 4.79 Å². The number of hydrogen-bond donors (Lipinski definition) is 1. The van der Waals surface area contributed by atoms with E-state index in [4.69, 9.17) is 5.73 Å². The van der Waals surface area contributed by atoms with Crippen LogP contribution in [0.2, 0.25) is 0 Å². The van der Waals surface area contributed by atoms with Crippen molar-refractivity contribution < 1.29 is 4.79 Å². The number of likely N-dealkylation sites (N-methyl/N-ethyl adjacent to an activating group) is 1. The van der Waals surface area contributed by atoms with Gasteiger partial charge in [0.25, 0.3) is 0 Å². The molecule has 94 valence electrons. The molecule has 0 unspecified atom stereocenters. The standard InChI is InChI=1S/C14H22N2O/c1-10-6-8-11(9-7-10)16(5)13(17)12(15)14(2,3)4/h6-9,12H,15H2,1-5H3/t12-/m0/s1. The van der Waals surface area contributed by atoms with Gasteiger partial charge < -0.3 is 10.6 Å². The highest BCUT2D eigenvalue weighted by atomic mass is 16.2. The van der Waals surface area contributed by atoms with Gasteiger partial charge in [0.05, 0.1) is 6.04 Å². The first kappa shape index (κ1) is 13.7. The molecule has 0 aromatic heterocycles. The largest absolute Gasteiger partial charge is 0.319 e. The number of amides is 1. The Morgan fingerprint density at radius 1 is 1.24 bits per heavy atom. The summed E-state index contributed by atoms with van der Waals surface area (Å²) in [6.07, 6.45) is 0. The first-order valence-electron chi connectivity index (χ1n) is 5.83. The molecule has 17 heavy (non-hydrogen) atoms. The van der Waals surface area contributed by atoms with Crippen LogP contribution in [0.4, 0.5) is 5.69 Å². The van der Waals surface area contributed by atoms with Crippen LogP contribution in [0.1, 0.15) is 26.3 Å². The van der Waals surface area contributed by atoms with Gasteiger partial charge in [-0.25, -0.2) is 0 Å². The zero-order chi connectivity index (χ0) is 13.2. The van der Waals surface area contributed by atoms with Gasteiger partial charge in [-0.1, -0.05) is 38.5 Å². The molecule has 0 saturated heterocycles. The average molecular weight is 234 g/mol. The predicted octanol–water partition coefficient (Wildman–Crippen LogP) is 2.33. The molecular formula is C14H22N2O. The van der Waals surface area contributed by atoms with Crippen molar-refractivity contribution in [1.82, 2.24) is 0 Å². The van der Waals surface area contributed by atoms with Gasteiger partial charge in [0.15, 0.2) is 0 Å². The van der Waals surface area contributed by atoms with Crippen LogP contribution in [-0.4, -0.2) is 19.0 Å². The van der Waals surface area contributed by atoms with E-state index in [1.807, 2.05) is 52.0 Å². The number of carbonyl (C=O) groups is 1. The van der Waals surface area contributed by atoms with Crippen molar-refractivity contribution >= 4 is 11.6 Å². The van der Waals surface area contributed by atoms with Crippen LogP contribution in [0.25, 0.3) is 0 Å². The molecule has 0 saturated carbocycles. The number of nitrogens with zero attached hydrogens (tertiary/aromatic N) is 1. The van der Waals surface area contributed by atoms with Gasteiger partial charge in [0.1, 0.15) is 0 Å². The maximum atomic E-state index is 12.2. The number of nitrogens with two attached hydrogens (primary N) is 1. The van der Waals surface area contributed by atoms with Crippen molar-refractivity contribution in [3.8, 4) is 0 Å². The summed E-state index contributed by atoms with van der Waals surface area (Å²) in [5.74, 6) is -0.0543. The third-order valence-corrected chi connectivity index (χ3v) is 2.95. The lowest BCUT2D eigenvalue weighted by atomic mass is 9.86. The smallest absolute Gasteiger partial charge is 0.244 e. The number of rotatable bonds is 2. The Labute approximate surface area is 104 Å². The van der Waals surface area contributed by atoms with Crippen LogP contribution in [0, 0.1) is 12.3 Å². The van der Waals surface area contributed by atoms with E-state index < -0.39 is 6.04 Å².